The molecule has 0 N–H and O–H groups in total. The molecule has 0 unspecified atom stereocenters. The molecule has 0 saturated heterocycles. The highest BCUT2D eigenvalue weighted by molar-refractivity contribution is 7.26. The number of rotatable bonds is 3. The Morgan fingerprint density at radius 1 is 0.333 bits per heavy atom. The molecule has 4 heteroatoms. The maximum atomic E-state index is 6.99. The monoisotopic (exact) mass is 933 g/mol. The van der Waals surface area contributed by atoms with Crippen LogP contribution in [0.1, 0.15) is 44.5 Å². The third-order valence-corrected chi connectivity index (χ3v) is 17.7. The molecule has 72 heavy (non-hydrogen) atoms. The molecule has 3 nitrogen and oxygen atoms in total. The standard InChI is InChI=1S/C68H39NO2S/c1-6-23-50-41(17-1)42-18-2-7-24-51(42)67(50)52-25-8-3-19-43(52)45-36-35-40(37-56(45)67)69(59-30-15-22-47-46-21-5-12-31-60(46)71-66(47)59)58-29-16-34-63-65(58)49-38-48-44-20-4-9-26-53(44)68(57(48)39-64(49)72-63)54-27-10-13-32-61(54)70-62-33-14-11-28-55(62)68/h1-39H. The van der Waals surface area contributed by atoms with E-state index in [9.17, 15) is 0 Å². The molecule has 4 aliphatic rings. The van der Waals surface area contributed by atoms with E-state index in [1.807, 2.05) is 11.3 Å². The summed E-state index contributed by atoms with van der Waals surface area (Å²) in [7, 11) is 0. The zero-order valence-corrected chi connectivity index (χ0v) is 39.5. The summed E-state index contributed by atoms with van der Waals surface area (Å²) in [5.74, 6) is 1.80. The number of hydrogen-bond acceptors (Lipinski definition) is 4. The summed E-state index contributed by atoms with van der Waals surface area (Å²) in [6.07, 6.45) is 0. The molecule has 13 aromatic rings. The van der Waals surface area contributed by atoms with Gasteiger partial charge >= 0.3 is 0 Å². The highest BCUT2D eigenvalue weighted by atomic mass is 32.1. The van der Waals surface area contributed by atoms with Gasteiger partial charge < -0.3 is 14.1 Å². The third kappa shape index (κ3) is 4.67. The molecule has 3 aliphatic carbocycles. The average molecular weight is 934 g/mol. The first kappa shape index (κ1) is 38.8. The fraction of sp³-hybridized carbons (Fsp3) is 0.0294. The van der Waals surface area contributed by atoms with Gasteiger partial charge in [-0.25, -0.2) is 0 Å². The maximum Gasteiger partial charge on any atom is 0.159 e. The van der Waals surface area contributed by atoms with Crippen molar-refractivity contribution in [1.29, 1.82) is 0 Å². The van der Waals surface area contributed by atoms with Crippen LogP contribution >= 0.6 is 11.3 Å². The predicted octanol–water partition coefficient (Wildman–Crippen LogP) is 18.2. The second-order valence-electron chi connectivity index (χ2n) is 19.7. The molecule has 2 spiro atoms. The van der Waals surface area contributed by atoms with Crippen LogP contribution in [0.2, 0.25) is 0 Å². The van der Waals surface area contributed by atoms with E-state index in [4.69, 9.17) is 9.15 Å². The van der Waals surface area contributed by atoms with Crippen LogP contribution in [0.25, 0.3) is 75.5 Å². The summed E-state index contributed by atoms with van der Waals surface area (Å²) in [6.45, 7) is 0. The first-order valence-corrected chi connectivity index (χ1v) is 25.6. The number of ether oxygens (including phenoxy) is 1. The van der Waals surface area contributed by atoms with Gasteiger partial charge in [-0.15, -0.1) is 11.3 Å². The number of benzene rings is 11. The largest absolute Gasteiger partial charge is 0.457 e. The van der Waals surface area contributed by atoms with Crippen molar-refractivity contribution in [3.8, 4) is 44.9 Å². The summed E-state index contributed by atoms with van der Waals surface area (Å²) in [5, 5.41) is 4.65. The molecule has 2 aromatic heterocycles. The van der Waals surface area contributed by atoms with Crippen LogP contribution in [-0.4, -0.2) is 0 Å². The molecule has 0 fully saturated rings. The van der Waals surface area contributed by atoms with Gasteiger partial charge in [0, 0.05) is 47.8 Å². The second-order valence-corrected chi connectivity index (χ2v) is 20.8. The normalized spacial score (nSPS) is 14.4. The number of furan rings is 1. The molecule has 3 heterocycles. The maximum absolute atomic E-state index is 6.99. The van der Waals surface area contributed by atoms with E-state index in [2.05, 4.69) is 241 Å². The topological polar surface area (TPSA) is 25.6 Å². The van der Waals surface area contributed by atoms with Crippen LogP contribution in [0.3, 0.4) is 0 Å². The van der Waals surface area contributed by atoms with E-state index in [0.717, 1.165) is 50.5 Å². The van der Waals surface area contributed by atoms with E-state index < -0.39 is 10.8 Å². The van der Waals surface area contributed by atoms with E-state index in [0.29, 0.717) is 0 Å². The molecule has 0 amide bonds. The van der Waals surface area contributed by atoms with Crippen molar-refractivity contribution in [3.63, 3.8) is 0 Å². The van der Waals surface area contributed by atoms with E-state index >= 15 is 0 Å². The SMILES string of the molecule is c1ccc2c(c1)Oc1ccccc1C21c2ccccc2-c2cc3c(cc21)sc1cccc(N(c2ccc4c(c2)C2(c5ccccc5-c5ccccc52)c2ccccc2-4)c2cccc4c2oc2ccccc24)c13. The van der Waals surface area contributed by atoms with Crippen LogP contribution in [-0.2, 0) is 10.8 Å². The summed E-state index contributed by atoms with van der Waals surface area (Å²) < 4.78 is 16.2. The van der Waals surface area contributed by atoms with Crippen molar-refractivity contribution in [1.82, 2.24) is 0 Å². The van der Waals surface area contributed by atoms with Crippen molar-refractivity contribution in [2.45, 2.75) is 10.8 Å². The van der Waals surface area contributed by atoms with Crippen LogP contribution in [0.15, 0.2) is 241 Å². The molecule has 17 rings (SSSR count). The van der Waals surface area contributed by atoms with Crippen LogP contribution in [0.4, 0.5) is 17.1 Å². The van der Waals surface area contributed by atoms with Gasteiger partial charge in [-0.1, -0.05) is 176 Å². The quantitative estimate of drug-likeness (QED) is 0.177. The predicted molar refractivity (Wildman–Crippen MR) is 295 cm³/mol. The van der Waals surface area contributed by atoms with Crippen LogP contribution < -0.4 is 9.64 Å². The second kappa shape index (κ2) is 13.9. The number of thiophene rings is 1. The fourth-order valence-corrected chi connectivity index (χ4v) is 15.0. The van der Waals surface area contributed by atoms with Gasteiger partial charge in [0.05, 0.1) is 22.2 Å². The number of nitrogens with zero attached hydrogens (tertiary/aromatic N) is 1. The average Bonchev–Trinajstić information content (AvgIpc) is 4.23. The van der Waals surface area contributed by atoms with Gasteiger partial charge in [-0.05, 0) is 127 Å². The third-order valence-electron chi connectivity index (χ3n) is 16.5. The van der Waals surface area contributed by atoms with Gasteiger partial charge in [-0.3, -0.25) is 0 Å². The van der Waals surface area contributed by atoms with E-state index in [1.165, 1.54) is 98.1 Å². The zero-order chi connectivity index (χ0) is 46.9. The van der Waals surface area contributed by atoms with Gasteiger partial charge in [0.2, 0.25) is 0 Å². The molecular weight excluding hydrogens is 895 g/mol. The van der Waals surface area contributed by atoms with E-state index in [-0.39, 0.29) is 0 Å². The summed E-state index contributed by atoms with van der Waals surface area (Å²) in [4.78, 5) is 2.50. The smallest absolute Gasteiger partial charge is 0.159 e. The Morgan fingerprint density at radius 2 is 0.833 bits per heavy atom. The van der Waals surface area contributed by atoms with Crippen LogP contribution in [0.5, 0.6) is 11.5 Å². The van der Waals surface area contributed by atoms with Gasteiger partial charge in [0.1, 0.15) is 17.1 Å². The molecule has 0 atom stereocenters. The van der Waals surface area contributed by atoms with Crippen molar-refractivity contribution in [2.75, 3.05) is 4.90 Å². The Morgan fingerprint density at radius 3 is 1.50 bits per heavy atom. The Hall–Kier alpha value is -8.96. The summed E-state index contributed by atoms with van der Waals surface area (Å²) >= 11 is 1.88. The van der Waals surface area contributed by atoms with Crippen molar-refractivity contribution in [3.05, 3.63) is 281 Å². The highest BCUT2D eigenvalue weighted by Gasteiger charge is 2.53. The lowest BCUT2D eigenvalue weighted by Crippen LogP contribution is -2.32. The lowest BCUT2D eigenvalue weighted by atomic mass is 9.66. The number of hydrogen-bond donors (Lipinski definition) is 0. The number of fused-ring (bicyclic) bond motifs is 25. The Balaban J connectivity index is 0.964. The lowest BCUT2D eigenvalue weighted by molar-refractivity contribution is 0.436. The first-order valence-electron chi connectivity index (χ1n) is 24.8. The fourth-order valence-electron chi connectivity index (χ4n) is 13.9. The van der Waals surface area contributed by atoms with Crippen molar-refractivity contribution >= 4 is 70.5 Å². The van der Waals surface area contributed by atoms with Crippen molar-refractivity contribution in [2.24, 2.45) is 0 Å². The Bertz CT molecular complexity index is 4420. The zero-order valence-electron chi connectivity index (χ0n) is 38.7. The first-order chi connectivity index (χ1) is 35.7. The minimum absolute atomic E-state index is 0.501. The van der Waals surface area contributed by atoms with Crippen LogP contribution in [0, 0.1) is 0 Å². The van der Waals surface area contributed by atoms with Gasteiger partial charge in [0.15, 0.2) is 5.58 Å². The Labute approximate surface area is 419 Å². The Kier molecular flexibility index (Phi) is 7.49. The highest BCUT2D eigenvalue weighted by Crippen LogP contribution is 2.65. The minimum atomic E-state index is -0.553. The summed E-state index contributed by atoms with van der Waals surface area (Å²) in [6, 6.07) is 87.7. The molecule has 334 valence electrons. The number of anilines is 3. The van der Waals surface area contributed by atoms with Gasteiger partial charge in [-0.2, -0.15) is 0 Å². The summed E-state index contributed by atoms with van der Waals surface area (Å²) in [5.41, 5.74) is 21.7. The van der Waals surface area contributed by atoms with Gasteiger partial charge in [0.25, 0.3) is 0 Å². The van der Waals surface area contributed by atoms with Crippen molar-refractivity contribution < 1.29 is 9.15 Å². The molecule has 0 saturated carbocycles. The molecular formula is C68H39NO2S. The molecule has 1 aliphatic heterocycles. The molecule has 11 aromatic carbocycles. The molecule has 0 radical (unpaired) electrons. The minimum Gasteiger partial charge on any atom is -0.457 e. The molecule has 0 bridgehead atoms. The van der Waals surface area contributed by atoms with E-state index in [1.54, 1.807) is 0 Å². The lowest BCUT2D eigenvalue weighted by Gasteiger charge is -2.39. The number of para-hydroxylation sites is 4.